The van der Waals surface area contributed by atoms with Gasteiger partial charge in [0, 0.05) is 6.07 Å². The van der Waals surface area contributed by atoms with E-state index in [-0.39, 0.29) is 5.56 Å². The number of nitriles is 1. The predicted octanol–water partition coefficient (Wildman–Crippen LogP) is 1.38. The highest BCUT2D eigenvalue weighted by Crippen LogP contribution is 2.16. The summed E-state index contributed by atoms with van der Waals surface area (Å²) in [4.78, 5) is 21.0. The summed E-state index contributed by atoms with van der Waals surface area (Å²) in [6, 6.07) is 3.67. The molecular weight excluding hydrogens is 229 g/mol. The Labute approximate surface area is 95.8 Å². The molecule has 6 nitrogen and oxygen atoms in total. The molecule has 0 saturated carbocycles. The maximum absolute atomic E-state index is 13.4. The molecule has 0 aromatic heterocycles. The van der Waals surface area contributed by atoms with E-state index >= 15 is 0 Å². The number of nitrogens with zero attached hydrogens (tertiary/aromatic N) is 2. The first-order valence-corrected chi connectivity index (χ1v) is 4.60. The first-order chi connectivity index (χ1) is 7.95. The summed E-state index contributed by atoms with van der Waals surface area (Å²) in [7, 11) is 0. The number of carbonyl (C=O) groups excluding carboxylic acids is 1. The second-order valence-corrected chi connectivity index (χ2v) is 3.25. The van der Waals surface area contributed by atoms with Crippen LogP contribution in [-0.2, 0) is 0 Å². The number of benzene rings is 1. The number of non-ortho nitro benzene ring substituents is 1. The van der Waals surface area contributed by atoms with Gasteiger partial charge < -0.3 is 5.32 Å². The molecule has 17 heavy (non-hydrogen) atoms. The topological polar surface area (TPSA) is 96.0 Å². The Kier molecular flexibility index (Phi) is 3.72. The minimum Gasteiger partial charge on any atom is -0.336 e. The maximum atomic E-state index is 13.4. The molecule has 0 radical (unpaired) electrons. The third-order valence-corrected chi connectivity index (χ3v) is 1.95. The average Bonchev–Trinajstić information content (AvgIpc) is 2.28. The van der Waals surface area contributed by atoms with Crippen molar-refractivity contribution < 1.29 is 14.1 Å². The van der Waals surface area contributed by atoms with Gasteiger partial charge in [0.2, 0.25) is 0 Å². The minimum atomic E-state index is -0.998. The van der Waals surface area contributed by atoms with Crippen molar-refractivity contribution in [2.45, 2.75) is 13.0 Å². The SMILES string of the molecule is CC(C#N)NC(=O)c1ccc([N+](=O)[O-])cc1F. The molecule has 0 fully saturated rings. The molecule has 1 atom stereocenters. The van der Waals surface area contributed by atoms with Crippen molar-refractivity contribution in [3.8, 4) is 6.07 Å². The molecule has 1 unspecified atom stereocenters. The number of rotatable bonds is 3. The van der Waals surface area contributed by atoms with Gasteiger partial charge in [-0.05, 0) is 13.0 Å². The highest BCUT2D eigenvalue weighted by Gasteiger charge is 2.17. The molecule has 0 aliphatic rings. The second kappa shape index (κ2) is 5.03. The van der Waals surface area contributed by atoms with E-state index in [1.165, 1.54) is 6.92 Å². The predicted molar refractivity (Wildman–Crippen MR) is 55.6 cm³/mol. The zero-order valence-electron chi connectivity index (χ0n) is 8.81. The average molecular weight is 237 g/mol. The van der Waals surface area contributed by atoms with E-state index in [0.717, 1.165) is 12.1 Å². The molecule has 1 amide bonds. The molecule has 0 bridgehead atoms. The minimum absolute atomic E-state index is 0.335. The van der Waals surface area contributed by atoms with Crippen molar-refractivity contribution >= 4 is 11.6 Å². The number of nitro benzene ring substituents is 1. The van der Waals surface area contributed by atoms with E-state index in [9.17, 15) is 19.3 Å². The van der Waals surface area contributed by atoms with Crippen LogP contribution >= 0.6 is 0 Å². The molecule has 0 aliphatic heterocycles. The van der Waals surface area contributed by atoms with Crippen molar-refractivity contribution in [3.05, 3.63) is 39.7 Å². The molecule has 1 aromatic rings. The summed E-state index contributed by atoms with van der Waals surface area (Å²) in [5.74, 6) is -1.78. The van der Waals surface area contributed by atoms with E-state index in [1.54, 1.807) is 6.07 Å². The van der Waals surface area contributed by atoms with Crippen LogP contribution in [0.4, 0.5) is 10.1 Å². The van der Waals surface area contributed by atoms with E-state index in [2.05, 4.69) is 5.32 Å². The number of hydrogen-bond acceptors (Lipinski definition) is 4. The molecule has 0 spiro atoms. The van der Waals surface area contributed by atoms with Gasteiger partial charge in [-0.15, -0.1) is 0 Å². The van der Waals surface area contributed by atoms with Crippen LogP contribution in [0.15, 0.2) is 18.2 Å². The summed E-state index contributed by atoms with van der Waals surface area (Å²) in [6.07, 6.45) is 0. The van der Waals surface area contributed by atoms with Gasteiger partial charge in [0.15, 0.2) is 0 Å². The van der Waals surface area contributed by atoms with Crippen LogP contribution in [0, 0.1) is 27.3 Å². The fourth-order valence-electron chi connectivity index (χ4n) is 1.11. The first-order valence-electron chi connectivity index (χ1n) is 4.60. The lowest BCUT2D eigenvalue weighted by Crippen LogP contribution is -2.31. The maximum Gasteiger partial charge on any atom is 0.272 e. The zero-order valence-corrected chi connectivity index (χ0v) is 8.81. The second-order valence-electron chi connectivity index (χ2n) is 3.25. The molecule has 88 valence electrons. The fraction of sp³-hybridized carbons (Fsp3) is 0.200. The van der Waals surface area contributed by atoms with Crippen LogP contribution in [0.25, 0.3) is 0 Å². The number of amides is 1. The van der Waals surface area contributed by atoms with Gasteiger partial charge in [0.05, 0.1) is 22.6 Å². The van der Waals surface area contributed by atoms with Crippen molar-refractivity contribution in [2.24, 2.45) is 0 Å². The third-order valence-electron chi connectivity index (χ3n) is 1.95. The normalized spacial score (nSPS) is 11.4. The quantitative estimate of drug-likeness (QED) is 0.634. The van der Waals surface area contributed by atoms with E-state index in [0.29, 0.717) is 6.07 Å². The summed E-state index contributed by atoms with van der Waals surface area (Å²) in [5, 5.41) is 21.0. The van der Waals surface area contributed by atoms with Gasteiger partial charge in [0.1, 0.15) is 11.9 Å². The number of nitro groups is 1. The third kappa shape index (κ3) is 2.98. The molecule has 0 aliphatic carbocycles. The van der Waals surface area contributed by atoms with Crippen LogP contribution < -0.4 is 5.32 Å². The molecule has 1 N–H and O–H groups in total. The molecule has 0 heterocycles. The van der Waals surface area contributed by atoms with Crippen molar-refractivity contribution in [1.82, 2.24) is 5.32 Å². The summed E-state index contributed by atoms with van der Waals surface area (Å²) >= 11 is 0. The van der Waals surface area contributed by atoms with Crippen LogP contribution in [0.1, 0.15) is 17.3 Å². The Hall–Kier alpha value is -2.49. The molecule has 1 rings (SSSR count). The van der Waals surface area contributed by atoms with Gasteiger partial charge in [0.25, 0.3) is 11.6 Å². The van der Waals surface area contributed by atoms with Crippen molar-refractivity contribution in [3.63, 3.8) is 0 Å². The lowest BCUT2D eigenvalue weighted by molar-refractivity contribution is -0.385. The molecule has 0 saturated heterocycles. The van der Waals surface area contributed by atoms with E-state index in [1.807, 2.05) is 0 Å². The molecule has 1 aromatic carbocycles. The lowest BCUT2D eigenvalue weighted by atomic mass is 10.1. The van der Waals surface area contributed by atoms with E-state index < -0.39 is 28.4 Å². The van der Waals surface area contributed by atoms with Gasteiger partial charge in [-0.1, -0.05) is 0 Å². The van der Waals surface area contributed by atoms with Crippen LogP contribution in [0.2, 0.25) is 0 Å². The monoisotopic (exact) mass is 237 g/mol. The smallest absolute Gasteiger partial charge is 0.272 e. The number of nitrogens with one attached hydrogen (secondary N) is 1. The Bertz CT molecular complexity index is 510. The lowest BCUT2D eigenvalue weighted by Gasteiger charge is -2.06. The summed E-state index contributed by atoms with van der Waals surface area (Å²) in [6.45, 7) is 1.43. The fourth-order valence-corrected chi connectivity index (χ4v) is 1.11. The number of carbonyl (C=O) groups is 1. The van der Waals surface area contributed by atoms with Gasteiger partial charge >= 0.3 is 0 Å². The standard InChI is InChI=1S/C10H8FN3O3/c1-6(5-12)13-10(15)8-3-2-7(14(16)17)4-9(8)11/h2-4,6H,1H3,(H,13,15). The van der Waals surface area contributed by atoms with Crippen LogP contribution in [0.3, 0.4) is 0 Å². The summed E-state index contributed by atoms with van der Waals surface area (Å²) < 4.78 is 13.4. The van der Waals surface area contributed by atoms with Gasteiger partial charge in [-0.2, -0.15) is 5.26 Å². The molecular formula is C10H8FN3O3. The van der Waals surface area contributed by atoms with Crippen molar-refractivity contribution in [1.29, 1.82) is 5.26 Å². The van der Waals surface area contributed by atoms with E-state index in [4.69, 9.17) is 5.26 Å². The number of halogens is 1. The van der Waals surface area contributed by atoms with Crippen molar-refractivity contribution in [2.75, 3.05) is 0 Å². The van der Waals surface area contributed by atoms with Crippen LogP contribution in [-0.4, -0.2) is 16.9 Å². The molecule has 7 heteroatoms. The van der Waals surface area contributed by atoms with Gasteiger partial charge in [-0.25, -0.2) is 4.39 Å². The Morgan fingerprint density at radius 1 is 1.65 bits per heavy atom. The highest BCUT2D eigenvalue weighted by molar-refractivity contribution is 5.95. The Morgan fingerprint density at radius 3 is 2.76 bits per heavy atom. The highest BCUT2D eigenvalue weighted by atomic mass is 19.1. The Balaban J connectivity index is 2.97. The first kappa shape index (κ1) is 12.6. The van der Waals surface area contributed by atoms with Crippen LogP contribution in [0.5, 0.6) is 0 Å². The number of hydrogen-bond donors (Lipinski definition) is 1. The largest absolute Gasteiger partial charge is 0.336 e. The summed E-state index contributed by atoms with van der Waals surface area (Å²) in [5.41, 5.74) is -0.773. The Morgan fingerprint density at radius 2 is 2.29 bits per heavy atom. The van der Waals surface area contributed by atoms with Gasteiger partial charge in [-0.3, -0.25) is 14.9 Å². The zero-order chi connectivity index (χ0) is 13.0.